The fourth-order valence-corrected chi connectivity index (χ4v) is 6.37. The Morgan fingerprint density at radius 1 is 0.808 bits per heavy atom. The molecular formula is C12H22Cl4O8P2. The van der Waals surface area contributed by atoms with Gasteiger partial charge in [-0.2, -0.15) is 4.31 Å². The maximum atomic E-state index is 13.1. The summed E-state index contributed by atoms with van der Waals surface area (Å²) in [5.41, 5.74) is -1.04. The van der Waals surface area contributed by atoms with Crippen molar-refractivity contribution < 1.29 is 36.3 Å². The fourth-order valence-electron chi connectivity index (χ4n) is 1.94. The lowest BCUT2D eigenvalue weighted by Crippen LogP contribution is -2.40. The molecule has 1 heterocycles. The highest BCUT2D eigenvalue weighted by molar-refractivity contribution is 7.62. The zero-order chi connectivity index (χ0) is 19.5. The van der Waals surface area contributed by atoms with E-state index >= 15 is 0 Å². The topological polar surface area (TPSA) is 89.5 Å². The molecule has 0 N–H and O–H groups in total. The third-order valence-corrected chi connectivity index (χ3v) is 7.79. The second-order valence-electron chi connectivity index (χ2n) is 5.06. The Morgan fingerprint density at radius 3 is 1.69 bits per heavy atom. The van der Waals surface area contributed by atoms with Gasteiger partial charge in [-0.3, -0.25) is 18.1 Å². The molecule has 1 unspecified atom stereocenters. The Balaban J connectivity index is 2.99. The summed E-state index contributed by atoms with van der Waals surface area (Å²) in [6, 6.07) is 0. The van der Waals surface area contributed by atoms with Gasteiger partial charge in [0.15, 0.2) is 0 Å². The van der Waals surface area contributed by atoms with Crippen LogP contribution in [0, 0.1) is 0 Å². The van der Waals surface area contributed by atoms with Crippen LogP contribution in [0.25, 0.3) is 0 Å². The van der Waals surface area contributed by atoms with Gasteiger partial charge in [-0.25, -0.2) is 9.13 Å². The molecule has 0 radical (unpaired) electrons. The van der Waals surface area contributed by atoms with Crippen molar-refractivity contribution in [3.63, 3.8) is 0 Å². The zero-order valence-electron chi connectivity index (χ0n) is 14.0. The van der Waals surface area contributed by atoms with E-state index < -0.39 is 21.2 Å². The molecule has 1 saturated heterocycles. The highest BCUT2D eigenvalue weighted by atomic mass is 35.5. The van der Waals surface area contributed by atoms with Crippen molar-refractivity contribution in [3.05, 3.63) is 0 Å². The summed E-state index contributed by atoms with van der Waals surface area (Å²) in [7, 11) is -8.73. The quantitative estimate of drug-likeness (QED) is 0.250. The standard InChI is InChI=1S/C12H22Cl4O8P2/c13-3-8-20-25(17,21-9-4-14)24-26(18,22-10-5-15)23-12(11-16)1-6-19-7-2-12/h1-11H2. The second-order valence-corrected chi connectivity index (χ2v) is 9.86. The van der Waals surface area contributed by atoms with Gasteiger partial charge in [0.2, 0.25) is 0 Å². The lowest BCUT2D eigenvalue weighted by Gasteiger charge is -2.37. The van der Waals surface area contributed by atoms with Crippen molar-refractivity contribution in [1.29, 1.82) is 0 Å². The number of rotatable bonds is 14. The van der Waals surface area contributed by atoms with Crippen LogP contribution < -0.4 is 0 Å². The van der Waals surface area contributed by atoms with Gasteiger partial charge in [0.1, 0.15) is 0 Å². The first kappa shape index (κ1) is 25.4. The minimum Gasteiger partial charge on any atom is -0.381 e. The minimum absolute atomic E-state index is 0.00305. The molecular weight excluding hydrogens is 476 g/mol. The van der Waals surface area contributed by atoms with Crippen LogP contribution in [0.4, 0.5) is 0 Å². The number of hydrogen-bond donors (Lipinski definition) is 0. The summed E-state index contributed by atoms with van der Waals surface area (Å²) in [5.74, 6) is 0.0227. The lowest BCUT2D eigenvalue weighted by atomic mass is 9.97. The van der Waals surface area contributed by atoms with Gasteiger partial charge >= 0.3 is 15.6 Å². The first-order valence-corrected chi connectivity index (χ1v) is 12.8. The number of alkyl halides is 4. The summed E-state index contributed by atoms with van der Waals surface area (Å²) in [6.07, 6.45) is 0.701. The average molecular weight is 498 g/mol. The van der Waals surface area contributed by atoms with Gasteiger partial charge in [0, 0.05) is 43.7 Å². The van der Waals surface area contributed by atoms with E-state index in [1.807, 2.05) is 0 Å². The molecule has 0 bridgehead atoms. The Hall–Kier alpha value is 1.38. The molecule has 0 amide bonds. The van der Waals surface area contributed by atoms with Crippen LogP contribution in [-0.2, 0) is 36.3 Å². The third-order valence-electron chi connectivity index (χ3n) is 3.13. The number of ether oxygens (including phenoxy) is 1. The van der Waals surface area contributed by atoms with Crippen molar-refractivity contribution in [2.24, 2.45) is 0 Å². The second kappa shape index (κ2) is 12.8. The third kappa shape index (κ3) is 8.81. The highest BCUT2D eigenvalue weighted by Crippen LogP contribution is 2.67. The van der Waals surface area contributed by atoms with Crippen molar-refractivity contribution in [2.45, 2.75) is 18.4 Å². The molecule has 0 saturated carbocycles. The first-order chi connectivity index (χ1) is 12.4. The molecule has 156 valence electrons. The number of hydrogen-bond acceptors (Lipinski definition) is 8. The molecule has 1 fully saturated rings. The summed E-state index contributed by atoms with van der Waals surface area (Å²) < 4.78 is 57.0. The van der Waals surface area contributed by atoms with Gasteiger partial charge in [-0.1, -0.05) is 0 Å². The van der Waals surface area contributed by atoms with Gasteiger partial charge < -0.3 is 4.74 Å². The number of halogens is 4. The van der Waals surface area contributed by atoms with E-state index in [-0.39, 0.29) is 43.3 Å². The minimum atomic E-state index is -4.41. The number of phosphoric acid groups is 2. The SMILES string of the molecule is O=P(OCCCl)(OCCCl)OP(=O)(OCCCl)OC1(CCl)CCOCC1. The van der Waals surface area contributed by atoms with E-state index in [9.17, 15) is 9.13 Å². The molecule has 1 aliphatic rings. The van der Waals surface area contributed by atoms with Crippen LogP contribution in [0.15, 0.2) is 0 Å². The summed E-state index contributed by atoms with van der Waals surface area (Å²) in [5, 5.41) is 0. The molecule has 0 aliphatic carbocycles. The normalized spacial score (nSPS) is 20.0. The van der Waals surface area contributed by atoms with Gasteiger partial charge in [0.25, 0.3) is 0 Å². The van der Waals surface area contributed by atoms with Crippen LogP contribution in [0.1, 0.15) is 12.8 Å². The van der Waals surface area contributed by atoms with Crippen LogP contribution >= 0.6 is 62.0 Å². The van der Waals surface area contributed by atoms with Crippen LogP contribution in [0.2, 0.25) is 0 Å². The van der Waals surface area contributed by atoms with Crippen LogP contribution in [0.3, 0.4) is 0 Å². The Bertz CT molecular complexity index is 480. The molecule has 0 aromatic rings. The lowest BCUT2D eigenvalue weighted by molar-refractivity contribution is -0.0494. The van der Waals surface area contributed by atoms with E-state index in [0.29, 0.717) is 26.1 Å². The summed E-state index contributed by atoms with van der Waals surface area (Å²) in [4.78, 5) is 0. The highest BCUT2D eigenvalue weighted by Gasteiger charge is 2.47. The molecule has 1 aliphatic heterocycles. The average Bonchev–Trinajstić information content (AvgIpc) is 2.64. The molecule has 0 aromatic heterocycles. The monoisotopic (exact) mass is 496 g/mol. The zero-order valence-corrected chi connectivity index (χ0v) is 18.8. The van der Waals surface area contributed by atoms with E-state index in [2.05, 4.69) is 0 Å². The molecule has 1 rings (SSSR count). The smallest absolute Gasteiger partial charge is 0.381 e. The molecule has 8 nitrogen and oxygen atoms in total. The van der Waals surface area contributed by atoms with E-state index in [0.717, 1.165) is 0 Å². The molecule has 14 heteroatoms. The van der Waals surface area contributed by atoms with Gasteiger partial charge in [0.05, 0.1) is 31.3 Å². The number of phosphoric ester groups is 2. The predicted molar refractivity (Wildman–Crippen MR) is 101 cm³/mol. The van der Waals surface area contributed by atoms with Gasteiger partial charge in [-0.05, 0) is 0 Å². The molecule has 26 heavy (non-hydrogen) atoms. The Morgan fingerprint density at radius 2 is 1.27 bits per heavy atom. The van der Waals surface area contributed by atoms with E-state index in [4.69, 9.17) is 73.5 Å². The van der Waals surface area contributed by atoms with Crippen molar-refractivity contribution in [3.8, 4) is 0 Å². The largest absolute Gasteiger partial charge is 0.484 e. The van der Waals surface area contributed by atoms with Crippen LogP contribution in [0.5, 0.6) is 0 Å². The molecule has 0 spiro atoms. The summed E-state index contributed by atoms with van der Waals surface area (Å²) in [6.45, 7) is 0.172. The van der Waals surface area contributed by atoms with E-state index in [1.165, 1.54) is 0 Å². The van der Waals surface area contributed by atoms with Gasteiger partial charge in [-0.15, -0.1) is 46.4 Å². The van der Waals surface area contributed by atoms with Crippen molar-refractivity contribution in [2.75, 3.05) is 56.6 Å². The molecule has 1 atom stereocenters. The Labute approximate surface area is 173 Å². The van der Waals surface area contributed by atoms with E-state index in [1.54, 1.807) is 0 Å². The summed E-state index contributed by atoms with van der Waals surface area (Å²) >= 11 is 22.7. The molecule has 0 aromatic carbocycles. The fraction of sp³-hybridized carbons (Fsp3) is 1.00. The van der Waals surface area contributed by atoms with Crippen molar-refractivity contribution in [1.82, 2.24) is 0 Å². The maximum absolute atomic E-state index is 13.1. The Kier molecular flexibility index (Phi) is 12.6. The first-order valence-electron chi connectivity index (χ1n) is 7.74. The maximum Gasteiger partial charge on any atom is 0.484 e. The van der Waals surface area contributed by atoms with Crippen LogP contribution in [-0.4, -0.2) is 62.2 Å². The van der Waals surface area contributed by atoms with Crippen molar-refractivity contribution >= 4 is 62.0 Å². The predicted octanol–water partition coefficient (Wildman–Crippen LogP) is 4.79.